The van der Waals surface area contributed by atoms with Crippen molar-refractivity contribution in [2.75, 3.05) is 49.7 Å². The molecule has 2 aromatic rings. The molecular formula is C21H22F3N3O5S. The van der Waals surface area contributed by atoms with Crippen LogP contribution in [0.2, 0.25) is 0 Å². The van der Waals surface area contributed by atoms with Crippen molar-refractivity contribution in [2.45, 2.75) is 13.1 Å². The molecule has 2 heterocycles. The largest absolute Gasteiger partial charge is 0.454 e. The highest BCUT2D eigenvalue weighted by molar-refractivity contribution is 7.13. The van der Waals surface area contributed by atoms with E-state index in [2.05, 4.69) is 10.6 Å². The Labute approximate surface area is 191 Å². The number of hydrogen-bond donors (Lipinski definition) is 2. The van der Waals surface area contributed by atoms with Gasteiger partial charge in [-0.2, -0.15) is 13.2 Å². The van der Waals surface area contributed by atoms with Gasteiger partial charge >= 0.3 is 12.1 Å². The molecule has 0 saturated carbocycles. The Kier molecular flexibility index (Phi) is 7.92. The molecule has 12 heteroatoms. The summed E-state index contributed by atoms with van der Waals surface area (Å²) in [6, 6.07) is 6.46. The highest BCUT2D eigenvalue weighted by Crippen LogP contribution is 2.35. The summed E-state index contributed by atoms with van der Waals surface area (Å²) in [6.45, 7) is 2.38. The molecule has 2 N–H and O–H groups in total. The van der Waals surface area contributed by atoms with Crippen LogP contribution in [0.25, 0.3) is 0 Å². The molecule has 2 amide bonds. The number of halogens is 3. The molecule has 1 saturated heterocycles. The predicted octanol–water partition coefficient (Wildman–Crippen LogP) is 2.82. The molecule has 33 heavy (non-hydrogen) atoms. The molecule has 0 aliphatic carbocycles. The zero-order valence-electron chi connectivity index (χ0n) is 17.7. The second-order valence-corrected chi connectivity index (χ2v) is 8.42. The van der Waals surface area contributed by atoms with Crippen LogP contribution in [0.3, 0.4) is 0 Å². The molecule has 1 aromatic heterocycles. The number of morpholine rings is 1. The minimum atomic E-state index is -4.59. The third kappa shape index (κ3) is 6.93. The van der Waals surface area contributed by atoms with Crippen LogP contribution in [0.5, 0.6) is 0 Å². The third-order valence-electron chi connectivity index (χ3n) is 4.67. The van der Waals surface area contributed by atoms with Crippen LogP contribution in [-0.2, 0) is 25.2 Å². The predicted molar refractivity (Wildman–Crippen MR) is 115 cm³/mol. The highest BCUT2D eigenvalue weighted by atomic mass is 32.1. The number of carbonyl (C=O) groups excluding carboxylic acids is 3. The number of carbonyl (C=O) groups is 3. The van der Waals surface area contributed by atoms with E-state index >= 15 is 0 Å². The molecule has 178 valence electrons. The van der Waals surface area contributed by atoms with E-state index in [1.165, 1.54) is 17.4 Å². The van der Waals surface area contributed by atoms with Gasteiger partial charge in [-0.05, 0) is 37.3 Å². The molecule has 0 radical (unpaired) electrons. The monoisotopic (exact) mass is 485 g/mol. The first kappa shape index (κ1) is 24.5. The van der Waals surface area contributed by atoms with E-state index in [-0.39, 0.29) is 5.69 Å². The Morgan fingerprint density at radius 3 is 2.52 bits per heavy atom. The van der Waals surface area contributed by atoms with Crippen molar-refractivity contribution >= 4 is 40.5 Å². The molecule has 1 aliphatic heterocycles. The Bertz CT molecular complexity index is 1020. The van der Waals surface area contributed by atoms with Crippen LogP contribution in [0, 0.1) is 6.92 Å². The fourth-order valence-corrected chi connectivity index (χ4v) is 3.86. The second-order valence-electron chi connectivity index (χ2n) is 7.13. The molecule has 0 bridgehead atoms. The number of alkyl halides is 3. The van der Waals surface area contributed by atoms with E-state index in [9.17, 15) is 27.6 Å². The van der Waals surface area contributed by atoms with Crippen molar-refractivity contribution in [3.05, 3.63) is 45.6 Å². The van der Waals surface area contributed by atoms with Crippen LogP contribution in [0.15, 0.2) is 30.3 Å². The van der Waals surface area contributed by atoms with Gasteiger partial charge in [0.05, 0.1) is 35.0 Å². The summed E-state index contributed by atoms with van der Waals surface area (Å²) in [6.07, 6.45) is -4.59. The van der Waals surface area contributed by atoms with Gasteiger partial charge in [-0.15, -0.1) is 11.3 Å². The minimum Gasteiger partial charge on any atom is -0.454 e. The molecule has 1 fully saturated rings. The highest BCUT2D eigenvalue weighted by Gasteiger charge is 2.32. The van der Waals surface area contributed by atoms with Crippen LogP contribution in [0.1, 0.15) is 20.1 Å². The Morgan fingerprint density at radius 2 is 1.88 bits per heavy atom. The molecule has 1 aromatic carbocycles. The Balaban J connectivity index is 1.58. The van der Waals surface area contributed by atoms with E-state index in [0.717, 1.165) is 17.0 Å². The number of thiophene rings is 1. The summed E-state index contributed by atoms with van der Waals surface area (Å²) >= 11 is 1.26. The van der Waals surface area contributed by atoms with E-state index in [1.54, 1.807) is 17.0 Å². The van der Waals surface area contributed by atoms with Crippen LogP contribution >= 0.6 is 11.3 Å². The lowest BCUT2D eigenvalue weighted by atomic mass is 10.1. The van der Waals surface area contributed by atoms with Crippen molar-refractivity contribution in [1.29, 1.82) is 0 Å². The molecule has 8 nitrogen and oxygen atoms in total. The lowest BCUT2D eigenvalue weighted by Crippen LogP contribution is -2.37. The van der Waals surface area contributed by atoms with Crippen LogP contribution in [0.4, 0.5) is 24.5 Å². The maximum absolute atomic E-state index is 13.2. The fourth-order valence-electron chi connectivity index (χ4n) is 3.07. The zero-order chi connectivity index (χ0) is 24.0. The topological polar surface area (TPSA) is 97.0 Å². The second kappa shape index (κ2) is 10.7. The van der Waals surface area contributed by atoms with Crippen molar-refractivity contribution in [3.63, 3.8) is 0 Å². The fraction of sp³-hybridized carbons (Fsp3) is 0.381. The van der Waals surface area contributed by atoms with E-state index in [1.807, 2.05) is 6.92 Å². The van der Waals surface area contributed by atoms with Crippen molar-refractivity contribution in [1.82, 2.24) is 5.32 Å². The number of nitrogens with zero attached hydrogens (tertiary/aromatic N) is 1. The summed E-state index contributed by atoms with van der Waals surface area (Å²) in [5, 5.41) is 4.77. The van der Waals surface area contributed by atoms with Crippen molar-refractivity contribution in [3.8, 4) is 0 Å². The number of nitrogens with one attached hydrogen (secondary N) is 2. The van der Waals surface area contributed by atoms with Gasteiger partial charge in [0.1, 0.15) is 6.54 Å². The molecule has 1 aliphatic rings. The first-order valence-electron chi connectivity index (χ1n) is 9.97. The molecule has 0 unspecified atom stereocenters. The van der Waals surface area contributed by atoms with E-state index in [0.29, 0.717) is 36.9 Å². The van der Waals surface area contributed by atoms with Gasteiger partial charge in [0, 0.05) is 18.0 Å². The third-order valence-corrected chi connectivity index (χ3v) is 5.67. The average Bonchev–Trinajstić information content (AvgIpc) is 3.22. The maximum Gasteiger partial charge on any atom is 0.416 e. The van der Waals surface area contributed by atoms with Crippen LogP contribution < -0.4 is 15.5 Å². The normalized spacial score (nSPS) is 14.0. The number of rotatable bonds is 7. The van der Waals surface area contributed by atoms with Crippen LogP contribution in [-0.4, -0.2) is 57.2 Å². The Morgan fingerprint density at radius 1 is 1.15 bits per heavy atom. The summed E-state index contributed by atoms with van der Waals surface area (Å²) in [7, 11) is 0. The maximum atomic E-state index is 13.2. The first-order valence-corrected chi connectivity index (χ1v) is 10.8. The molecule has 3 rings (SSSR count). The Hall–Kier alpha value is -3.12. The van der Waals surface area contributed by atoms with E-state index < -0.39 is 42.7 Å². The number of anilines is 2. The molecule has 0 atom stereocenters. The van der Waals surface area contributed by atoms with Crippen molar-refractivity contribution < 1.29 is 37.0 Å². The first-order chi connectivity index (χ1) is 15.6. The quantitative estimate of drug-likeness (QED) is 0.586. The molecule has 0 spiro atoms. The number of amides is 2. The number of benzene rings is 1. The smallest absolute Gasteiger partial charge is 0.416 e. The zero-order valence-corrected chi connectivity index (χ0v) is 18.5. The van der Waals surface area contributed by atoms with Gasteiger partial charge < -0.3 is 25.0 Å². The number of esters is 1. The number of aryl methyl sites for hydroxylation is 1. The SMILES string of the molecule is Cc1ccc(C(=O)NCC(=O)OCC(=O)Nc2cc(C(F)(F)F)ccc2N2CCOCC2)s1. The minimum absolute atomic E-state index is 0.0471. The van der Waals surface area contributed by atoms with E-state index in [4.69, 9.17) is 9.47 Å². The summed E-state index contributed by atoms with van der Waals surface area (Å²) in [4.78, 5) is 39.2. The van der Waals surface area contributed by atoms with Gasteiger partial charge in [-0.3, -0.25) is 14.4 Å². The number of ether oxygens (including phenoxy) is 2. The lowest BCUT2D eigenvalue weighted by Gasteiger charge is -2.31. The van der Waals surface area contributed by atoms with Gasteiger partial charge in [0.15, 0.2) is 6.61 Å². The van der Waals surface area contributed by atoms with Crippen molar-refractivity contribution in [2.24, 2.45) is 0 Å². The average molecular weight is 485 g/mol. The lowest BCUT2D eigenvalue weighted by molar-refractivity contribution is -0.146. The van der Waals surface area contributed by atoms with Gasteiger partial charge in [0.25, 0.3) is 11.8 Å². The number of hydrogen-bond acceptors (Lipinski definition) is 7. The van der Waals surface area contributed by atoms with Gasteiger partial charge in [-0.1, -0.05) is 0 Å². The summed E-state index contributed by atoms with van der Waals surface area (Å²) in [5.74, 6) is -2.12. The standard InChI is InChI=1S/C21H22F3N3O5S/c1-13-2-5-17(33-13)20(30)25-11-19(29)32-12-18(28)26-15-10-14(21(22,23)24)3-4-16(15)27-6-8-31-9-7-27/h2-5,10H,6-9,11-12H2,1H3,(H,25,30)(H,26,28). The van der Waals surface area contributed by atoms with Gasteiger partial charge in [-0.25, -0.2) is 0 Å². The summed E-state index contributed by atoms with van der Waals surface area (Å²) in [5.41, 5.74) is -0.558. The molecular weight excluding hydrogens is 463 g/mol. The van der Waals surface area contributed by atoms with Gasteiger partial charge in [0.2, 0.25) is 0 Å². The summed E-state index contributed by atoms with van der Waals surface area (Å²) < 4.78 is 49.6.